The van der Waals surface area contributed by atoms with Gasteiger partial charge in [0.05, 0.1) is 12.5 Å². The summed E-state index contributed by atoms with van der Waals surface area (Å²) in [6.07, 6.45) is 0.648. The molecule has 4 heteroatoms. The summed E-state index contributed by atoms with van der Waals surface area (Å²) in [5.41, 5.74) is 2.33. The van der Waals surface area contributed by atoms with Gasteiger partial charge in [-0.1, -0.05) is 38.1 Å². The van der Waals surface area contributed by atoms with Crippen molar-refractivity contribution in [1.82, 2.24) is 5.32 Å². The number of methoxy groups -OCH3 is 1. The molecule has 110 valence electrons. The van der Waals surface area contributed by atoms with Gasteiger partial charge in [-0.3, -0.25) is 4.79 Å². The molecule has 0 aliphatic carbocycles. The number of nitrogens with one attached hydrogen (secondary N) is 1. The van der Waals surface area contributed by atoms with Gasteiger partial charge >= 0.3 is 5.97 Å². The normalized spacial score (nSPS) is 22.9. The minimum Gasteiger partial charge on any atom is -0.481 e. The number of carbonyl (C=O) groups is 1. The Morgan fingerprint density at radius 3 is 2.75 bits per heavy atom. The topological polar surface area (TPSA) is 58.6 Å². The van der Waals surface area contributed by atoms with Gasteiger partial charge in [-0.05, 0) is 17.5 Å². The molecule has 2 unspecified atom stereocenters. The summed E-state index contributed by atoms with van der Waals surface area (Å²) in [7, 11) is 1.71. The second-order valence-corrected chi connectivity index (χ2v) is 6.14. The van der Waals surface area contributed by atoms with Crippen LogP contribution in [-0.4, -0.2) is 31.3 Å². The van der Waals surface area contributed by atoms with Crippen LogP contribution in [0, 0.1) is 5.92 Å². The second-order valence-electron chi connectivity index (χ2n) is 6.14. The maximum absolute atomic E-state index is 11.1. The number of rotatable bonds is 5. The molecule has 1 aliphatic rings. The van der Waals surface area contributed by atoms with Crippen LogP contribution in [0.5, 0.6) is 0 Å². The van der Waals surface area contributed by atoms with Gasteiger partial charge in [-0.2, -0.15) is 0 Å². The summed E-state index contributed by atoms with van der Waals surface area (Å²) < 4.78 is 5.32. The zero-order valence-corrected chi connectivity index (χ0v) is 12.3. The largest absolute Gasteiger partial charge is 0.481 e. The summed E-state index contributed by atoms with van der Waals surface area (Å²) in [6.45, 7) is 5.48. The Balaban J connectivity index is 2.27. The lowest BCUT2D eigenvalue weighted by Gasteiger charge is -2.29. The molecule has 2 atom stereocenters. The smallest absolute Gasteiger partial charge is 0.307 e. The van der Waals surface area contributed by atoms with Crippen LogP contribution >= 0.6 is 0 Å². The molecule has 0 radical (unpaired) electrons. The van der Waals surface area contributed by atoms with Crippen LogP contribution < -0.4 is 5.32 Å². The van der Waals surface area contributed by atoms with E-state index in [4.69, 9.17) is 9.84 Å². The van der Waals surface area contributed by atoms with Crippen LogP contribution in [-0.2, 0) is 14.9 Å². The van der Waals surface area contributed by atoms with E-state index in [0.29, 0.717) is 19.6 Å². The minimum absolute atomic E-state index is 0.0890. The highest BCUT2D eigenvalue weighted by Crippen LogP contribution is 2.35. The summed E-state index contributed by atoms with van der Waals surface area (Å²) in [6, 6.07) is 8.36. The fraction of sp³-hybridized carbons (Fsp3) is 0.562. The second kappa shape index (κ2) is 5.94. The molecule has 1 heterocycles. The third-order valence-corrected chi connectivity index (χ3v) is 4.05. The van der Waals surface area contributed by atoms with Gasteiger partial charge in [0.15, 0.2) is 0 Å². The minimum atomic E-state index is -0.714. The van der Waals surface area contributed by atoms with E-state index in [1.54, 1.807) is 7.11 Å². The number of carboxylic acids is 1. The number of ether oxygens (including phenoxy) is 1. The Morgan fingerprint density at radius 2 is 2.15 bits per heavy atom. The van der Waals surface area contributed by atoms with Gasteiger partial charge in [0.1, 0.15) is 0 Å². The average Bonchev–Trinajstić information content (AvgIpc) is 2.88. The Bertz CT molecular complexity index is 484. The predicted molar refractivity (Wildman–Crippen MR) is 77.8 cm³/mol. The predicted octanol–water partition coefficient (Wildman–Crippen LogP) is 2.35. The van der Waals surface area contributed by atoms with Gasteiger partial charge in [-0.25, -0.2) is 0 Å². The lowest BCUT2D eigenvalue weighted by molar-refractivity contribution is -0.141. The van der Waals surface area contributed by atoms with Gasteiger partial charge in [0.25, 0.3) is 0 Å². The SMILES string of the molecule is COCC(C)(C)c1ccccc1C1CC(C(=O)O)CN1. The monoisotopic (exact) mass is 277 g/mol. The number of carboxylic acid groups (broad SMARTS) is 1. The highest BCUT2D eigenvalue weighted by Gasteiger charge is 2.33. The van der Waals surface area contributed by atoms with Crippen LogP contribution in [0.15, 0.2) is 24.3 Å². The zero-order chi connectivity index (χ0) is 14.8. The van der Waals surface area contributed by atoms with Crippen molar-refractivity contribution in [2.24, 2.45) is 5.92 Å². The maximum atomic E-state index is 11.1. The lowest BCUT2D eigenvalue weighted by Crippen LogP contribution is -2.27. The third kappa shape index (κ3) is 3.02. The molecular formula is C16H23NO3. The molecule has 0 saturated carbocycles. The summed E-state index contributed by atoms with van der Waals surface area (Å²) in [4.78, 5) is 11.1. The van der Waals surface area contributed by atoms with E-state index < -0.39 is 5.97 Å². The van der Waals surface area contributed by atoms with E-state index in [9.17, 15) is 4.79 Å². The number of hydrogen-bond donors (Lipinski definition) is 2. The molecule has 2 N–H and O–H groups in total. The van der Waals surface area contributed by atoms with Crippen molar-refractivity contribution in [2.45, 2.75) is 31.7 Å². The molecule has 1 aromatic rings. The van der Waals surface area contributed by atoms with Crippen LogP contribution in [0.1, 0.15) is 37.4 Å². The molecule has 4 nitrogen and oxygen atoms in total. The number of hydrogen-bond acceptors (Lipinski definition) is 3. The molecule has 20 heavy (non-hydrogen) atoms. The van der Waals surface area contributed by atoms with Crippen molar-refractivity contribution in [2.75, 3.05) is 20.3 Å². The molecule has 1 fully saturated rings. The fourth-order valence-corrected chi connectivity index (χ4v) is 3.02. The number of aliphatic carboxylic acids is 1. The Labute approximate surface area is 120 Å². The summed E-state index contributed by atoms with van der Waals surface area (Å²) >= 11 is 0. The first-order valence-corrected chi connectivity index (χ1v) is 7.00. The number of benzene rings is 1. The quantitative estimate of drug-likeness (QED) is 0.867. The van der Waals surface area contributed by atoms with Crippen molar-refractivity contribution in [1.29, 1.82) is 0 Å². The van der Waals surface area contributed by atoms with Gasteiger partial charge in [0.2, 0.25) is 0 Å². The summed E-state index contributed by atoms with van der Waals surface area (Å²) in [5, 5.41) is 12.5. The van der Waals surface area contributed by atoms with E-state index in [0.717, 1.165) is 0 Å². The molecule has 2 rings (SSSR count). The first-order chi connectivity index (χ1) is 9.45. The highest BCUT2D eigenvalue weighted by atomic mass is 16.5. The van der Waals surface area contributed by atoms with Crippen LogP contribution in [0.2, 0.25) is 0 Å². The molecular weight excluding hydrogens is 254 g/mol. The Kier molecular flexibility index (Phi) is 4.45. The standard InChI is InChI=1S/C16H23NO3/c1-16(2,10-20-3)13-7-5-4-6-12(13)14-8-11(9-17-14)15(18)19/h4-7,11,14,17H,8-10H2,1-3H3,(H,18,19). The molecule has 0 aromatic heterocycles. The van der Waals surface area contributed by atoms with E-state index >= 15 is 0 Å². The molecule has 1 aliphatic heterocycles. The highest BCUT2D eigenvalue weighted by molar-refractivity contribution is 5.70. The first kappa shape index (κ1) is 15.0. The fourth-order valence-electron chi connectivity index (χ4n) is 3.02. The third-order valence-electron chi connectivity index (χ3n) is 4.05. The molecule has 0 amide bonds. The Hall–Kier alpha value is -1.39. The van der Waals surface area contributed by atoms with Gasteiger partial charge in [-0.15, -0.1) is 0 Å². The zero-order valence-electron chi connectivity index (χ0n) is 12.3. The van der Waals surface area contributed by atoms with Crippen LogP contribution in [0.4, 0.5) is 0 Å². The van der Waals surface area contributed by atoms with Crippen LogP contribution in [0.3, 0.4) is 0 Å². The molecule has 0 spiro atoms. The molecule has 1 saturated heterocycles. The summed E-state index contributed by atoms with van der Waals surface area (Å²) in [5.74, 6) is -1.01. The lowest BCUT2D eigenvalue weighted by atomic mass is 9.80. The maximum Gasteiger partial charge on any atom is 0.307 e. The first-order valence-electron chi connectivity index (χ1n) is 7.00. The van der Waals surface area contributed by atoms with Crippen molar-refractivity contribution >= 4 is 5.97 Å². The van der Waals surface area contributed by atoms with E-state index in [2.05, 4.69) is 31.3 Å². The van der Waals surface area contributed by atoms with E-state index in [1.807, 2.05) is 12.1 Å². The van der Waals surface area contributed by atoms with Gasteiger partial charge in [0, 0.05) is 25.1 Å². The van der Waals surface area contributed by atoms with Crippen LogP contribution in [0.25, 0.3) is 0 Å². The Morgan fingerprint density at radius 1 is 1.45 bits per heavy atom. The van der Waals surface area contributed by atoms with Gasteiger partial charge < -0.3 is 15.2 Å². The van der Waals surface area contributed by atoms with E-state index in [-0.39, 0.29) is 17.4 Å². The van der Waals surface area contributed by atoms with Crippen molar-refractivity contribution < 1.29 is 14.6 Å². The van der Waals surface area contributed by atoms with E-state index in [1.165, 1.54) is 11.1 Å². The van der Waals surface area contributed by atoms with Crippen molar-refractivity contribution in [3.8, 4) is 0 Å². The molecule has 1 aromatic carbocycles. The molecule has 0 bridgehead atoms. The average molecular weight is 277 g/mol. The van der Waals surface area contributed by atoms with Crippen molar-refractivity contribution in [3.05, 3.63) is 35.4 Å². The van der Waals surface area contributed by atoms with Crippen molar-refractivity contribution in [3.63, 3.8) is 0 Å².